The van der Waals surface area contributed by atoms with Crippen molar-refractivity contribution >= 4 is 8.07 Å². The van der Waals surface area contributed by atoms with Crippen molar-refractivity contribution in [3.8, 4) is 0 Å². The lowest BCUT2D eigenvalue weighted by atomic mass is 10.5. The monoisotopic (exact) mass is 176 g/mol. The second kappa shape index (κ2) is 4.90. The molecule has 3 heteroatoms. The van der Waals surface area contributed by atoms with Crippen LogP contribution in [0.5, 0.6) is 0 Å². The number of rotatable bonds is 5. The van der Waals surface area contributed by atoms with E-state index >= 15 is 0 Å². The molecule has 0 aromatic rings. The number of hydrogen-bond donors (Lipinski definition) is 1. The van der Waals surface area contributed by atoms with Gasteiger partial charge >= 0.3 is 0 Å². The maximum Gasteiger partial charge on any atom is 0.0529 e. The molecule has 0 rings (SSSR count). The van der Waals surface area contributed by atoms with Crippen LogP contribution in [0.4, 0.5) is 0 Å². The van der Waals surface area contributed by atoms with Crippen molar-refractivity contribution in [1.29, 1.82) is 0 Å². The van der Waals surface area contributed by atoms with E-state index < -0.39 is 8.07 Å². The van der Waals surface area contributed by atoms with Gasteiger partial charge in [-0.1, -0.05) is 19.6 Å². The van der Waals surface area contributed by atoms with Gasteiger partial charge in [0.15, 0.2) is 0 Å². The predicted molar refractivity (Wildman–Crippen MR) is 50.7 cm³/mol. The lowest BCUT2D eigenvalue weighted by molar-refractivity contribution is 0.125. The lowest BCUT2D eigenvalue weighted by Gasteiger charge is -2.26. The van der Waals surface area contributed by atoms with Gasteiger partial charge in [-0.05, 0) is 6.92 Å². The van der Waals surface area contributed by atoms with Gasteiger partial charge in [0.2, 0.25) is 0 Å². The van der Waals surface area contributed by atoms with E-state index in [9.17, 15) is 0 Å². The summed E-state index contributed by atoms with van der Waals surface area (Å²) in [5.74, 6) is 0. The van der Waals surface area contributed by atoms with Gasteiger partial charge in [0.05, 0.1) is 8.07 Å². The fraction of sp³-hybridized carbons (Fsp3) is 1.00. The van der Waals surface area contributed by atoms with E-state index in [0.717, 1.165) is 13.2 Å². The highest BCUT2D eigenvalue weighted by Gasteiger charge is 2.25. The van der Waals surface area contributed by atoms with E-state index in [2.05, 4.69) is 19.6 Å². The molecule has 0 aromatic heterocycles. The molecule has 1 N–H and O–H groups in total. The summed E-state index contributed by atoms with van der Waals surface area (Å²) in [5.41, 5.74) is 0.391. The van der Waals surface area contributed by atoms with Crippen LogP contribution in [0, 0.1) is 0 Å². The third kappa shape index (κ3) is 4.56. The van der Waals surface area contributed by atoms with Gasteiger partial charge in [0.1, 0.15) is 0 Å². The topological polar surface area (TPSA) is 29.5 Å². The molecule has 0 heterocycles. The maximum absolute atomic E-state index is 9.04. The summed E-state index contributed by atoms with van der Waals surface area (Å²) in [6.45, 7) is 10.5. The van der Waals surface area contributed by atoms with E-state index in [1.165, 1.54) is 0 Å². The van der Waals surface area contributed by atoms with Crippen LogP contribution in [-0.2, 0) is 4.74 Å². The summed E-state index contributed by atoms with van der Waals surface area (Å²) in [4.78, 5) is 0. The smallest absolute Gasteiger partial charge is 0.0529 e. The molecule has 0 saturated heterocycles. The summed E-state index contributed by atoms with van der Waals surface area (Å²) >= 11 is 0. The Bertz CT molecular complexity index is 98.8. The van der Waals surface area contributed by atoms with E-state index in [-0.39, 0.29) is 6.61 Å². The minimum atomic E-state index is -1.20. The molecule has 2 nitrogen and oxygen atoms in total. The minimum Gasteiger partial charge on any atom is -0.396 e. The second-order valence-electron chi connectivity index (χ2n) is 3.90. The largest absolute Gasteiger partial charge is 0.396 e. The first-order chi connectivity index (χ1) is 5.02. The van der Waals surface area contributed by atoms with Crippen molar-refractivity contribution in [2.24, 2.45) is 0 Å². The summed E-state index contributed by atoms with van der Waals surface area (Å²) in [5, 5.41) is 9.04. The molecular formula is C8H20O2Si. The molecule has 0 saturated carbocycles. The molecule has 0 aromatic carbocycles. The number of ether oxygens (including phenoxy) is 1. The van der Waals surface area contributed by atoms with Crippen LogP contribution in [0.1, 0.15) is 6.92 Å². The van der Waals surface area contributed by atoms with E-state index in [4.69, 9.17) is 9.84 Å². The standard InChI is InChI=1S/C8H20O2Si/c1-5-10-7-8(6-9)11(2,3)4/h8-9H,5-7H2,1-4H3. The zero-order valence-corrected chi connectivity index (χ0v) is 9.05. The molecular weight excluding hydrogens is 156 g/mol. The molecule has 0 amide bonds. The van der Waals surface area contributed by atoms with Crippen LogP contribution in [0.25, 0.3) is 0 Å². The molecule has 0 spiro atoms. The molecule has 0 aliphatic heterocycles. The molecule has 68 valence electrons. The zero-order valence-electron chi connectivity index (χ0n) is 8.05. The Kier molecular flexibility index (Phi) is 4.96. The molecule has 11 heavy (non-hydrogen) atoms. The highest BCUT2D eigenvalue weighted by molar-refractivity contribution is 6.77. The van der Waals surface area contributed by atoms with Crippen molar-refractivity contribution < 1.29 is 9.84 Å². The first-order valence-corrected chi connectivity index (χ1v) is 7.78. The van der Waals surface area contributed by atoms with Crippen molar-refractivity contribution in [3.63, 3.8) is 0 Å². The third-order valence-electron chi connectivity index (χ3n) is 1.97. The maximum atomic E-state index is 9.04. The second-order valence-corrected chi connectivity index (χ2v) is 9.45. The van der Waals surface area contributed by atoms with Crippen LogP contribution in [0.2, 0.25) is 25.2 Å². The molecule has 0 aliphatic carbocycles. The van der Waals surface area contributed by atoms with Crippen LogP contribution in [0.15, 0.2) is 0 Å². The number of aliphatic hydroxyl groups is 1. The summed E-state index contributed by atoms with van der Waals surface area (Å²) in [6.07, 6.45) is 0. The van der Waals surface area contributed by atoms with Gasteiger partial charge in [-0.15, -0.1) is 0 Å². The molecule has 0 bridgehead atoms. The van der Waals surface area contributed by atoms with Gasteiger partial charge < -0.3 is 9.84 Å². The van der Waals surface area contributed by atoms with E-state index in [1.54, 1.807) is 0 Å². The Hall–Kier alpha value is 0.137. The molecule has 1 unspecified atom stereocenters. The predicted octanol–water partition coefficient (Wildman–Crippen LogP) is 1.72. The Labute approximate surface area is 70.6 Å². The lowest BCUT2D eigenvalue weighted by Crippen LogP contribution is -2.33. The van der Waals surface area contributed by atoms with Crippen molar-refractivity contribution in [1.82, 2.24) is 0 Å². The quantitative estimate of drug-likeness (QED) is 0.646. The average molecular weight is 176 g/mol. The van der Waals surface area contributed by atoms with Crippen molar-refractivity contribution in [2.75, 3.05) is 19.8 Å². The Morgan fingerprint density at radius 2 is 1.91 bits per heavy atom. The van der Waals surface area contributed by atoms with Crippen LogP contribution in [0.3, 0.4) is 0 Å². The van der Waals surface area contributed by atoms with Gasteiger partial charge in [0, 0.05) is 25.4 Å². The number of aliphatic hydroxyl groups excluding tert-OH is 1. The zero-order chi connectivity index (χ0) is 8.91. The Morgan fingerprint density at radius 1 is 1.36 bits per heavy atom. The van der Waals surface area contributed by atoms with Crippen LogP contribution < -0.4 is 0 Å². The Morgan fingerprint density at radius 3 is 2.18 bits per heavy atom. The summed E-state index contributed by atoms with van der Waals surface area (Å²) in [6, 6.07) is 0. The van der Waals surface area contributed by atoms with Crippen molar-refractivity contribution in [2.45, 2.75) is 32.1 Å². The average Bonchev–Trinajstić information content (AvgIpc) is 1.87. The summed E-state index contributed by atoms with van der Waals surface area (Å²) in [7, 11) is -1.20. The van der Waals surface area contributed by atoms with Gasteiger partial charge in [-0.3, -0.25) is 0 Å². The van der Waals surface area contributed by atoms with E-state index in [1.807, 2.05) is 6.92 Å². The highest BCUT2D eigenvalue weighted by atomic mass is 28.3. The fourth-order valence-corrected chi connectivity index (χ4v) is 2.00. The summed E-state index contributed by atoms with van der Waals surface area (Å²) < 4.78 is 5.29. The van der Waals surface area contributed by atoms with Gasteiger partial charge in [0.25, 0.3) is 0 Å². The highest BCUT2D eigenvalue weighted by Crippen LogP contribution is 2.20. The minimum absolute atomic E-state index is 0.274. The first-order valence-electron chi connectivity index (χ1n) is 4.21. The SMILES string of the molecule is CCOCC(CO)[Si](C)(C)C. The molecule has 0 radical (unpaired) electrons. The van der Waals surface area contributed by atoms with Gasteiger partial charge in [-0.2, -0.15) is 0 Å². The van der Waals surface area contributed by atoms with Crippen LogP contribution >= 0.6 is 0 Å². The molecule has 0 aliphatic rings. The first kappa shape index (κ1) is 11.1. The van der Waals surface area contributed by atoms with Crippen molar-refractivity contribution in [3.05, 3.63) is 0 Å². The third-order valence-corrected chi connectivity index (χ3v) is 4.77. The fourth-order valence-electron chi connectivity index (χ4n) is 0.837. The molecule has 0 fully saturated rings. The number of hydrogen-bond acceptors (Lipinski definition) is 2. The van der Waals surface area contributed by atoms with E-state index in [0.29, 0.717) is 5.54 Å². The normalized spacial score (nSPS) is 15.0. The molecule has 1 atom stereocenters. The van der Waals surface area contributed by atoms with Crippen LogP contribution in [-0.4, -0.2) is 33.0 Å². The Balaban J connectivity index is 3.76. The van der Waals surface area contributed by atoms with Gasteiger partial charge in [-0.25, -0.2) is 0 Å².